The molecule has 0 spiro atoms. The van der Waals surface area contributed by atoms with Gasteiger partial charge in [0, 0.05) is 109 Å². The molecule has 10 nitrogen and oxygen atoms in total. The summed E-state index contributed by atoms with van der Waals surface area (Å²) >= 11 is 0. The summed E-state index contributed by atoms with van der Waals surface area (Å²) in [6.07, 6.45) is 0. The van der Waals surface area contributed by atoms with Crippen LogP contribution in [0, 0.1) is 0 Å². The lowest BCUT2D eigenvalue weighted by Crippen LogP contribution is -2.00. The van der Waals surface area contributed by atoms with Gasteiger partial charge in [0.15, 0.2) is 34.9 Å². The van der Waals surface area contributed by atoms with E-state index in [1.807, 2.05) is 97.1 Å². The number of para-hydroxylation sites is 4. The van der Waals surface area contributed by atoms with E-state index in [4.69, 9.17) is 48.7 Å². The van der Waals surface area contributed by atoms with Crippen LogP contribution in [0.25, 0.3) is 244 Å². The zero-order chi connectivity index (χ0) is 80.6. The van der Waals surface area contributed by atoms with Crippen molar-refractivity contribution >= 4 is 109 Å². The summed E-state index contributed by atoms with van der Waals surface area (Å²) in [5.74, 6) is 3.66. The van der Waals surface area contributed by atoms with Gasteiger partial charge in [-0.05, 0) is 116 Å². The first-order valence-electron chi connectivity index (χ1n) is 40.9. The van der Waals surface area contributed by atoms with Crippen LogP contribution in [-0.2, 0) is 0 Å². The van der Waals surface area contributed by atoms with Gasteiger partial charge < -0.3 is 8.83 Å². The molecule has 0 N–H and O–H groups in total. The van der Waals surface area contributed by atoms with Gasteiger partial charge in [-0.25, -0.2) is 39.9 Å². The van der Waals surface area contributed by atoms with Gasteiger partial charge in [-0.3, -0.25) is 0 Å². The highest BCUT2D eigenvalue weighted by Gasteiger charge is 2.27. The van der Waals surface area contributed by atoms with E-state index in [0.717, 1.165) is 198 Å². The van der Waals surface area contributed by atoms with Crippen molar-refractivity contribution in [3.8, 4) is 135 Å². The van der Waals surface area contributed by atoms with E-state index in [9.17, 15) is 0 Å². The van der Waals surface area contributed by atoms with E-state index in [1.54, 1.807) is 0 Å². The zero-order valence-corrected chi connectivity index (χ0v) is 65.7. The Hall–Kier alpha value is -16.6. The lowest BCUT2D eigenvalue weighted by molar-refractivity contribution is 0.669. The number of nitrogens with zero attached hydrogens (tertiary/aromatic N) is 8. The Morgan fingerprint density at radius 1 is 0.148 bits per heavy atom. The summed E-state index contributed by atoms with van der Waals surface area (Å²) in [4.78, 5) is 41.5. The fourth-order valence-electron chi connectivity index (χ4n) is 17.5. The van der Waals surface area contributed by atoms with Crippen molar-refractivity contribution in [2.75, 3.05) is 0 Å². The van der Waals surface area contributed by atoms with Gasteiger partial charge in [-0.2, -0.15) is 0 Å². The van der Waals surface area contributed by atoms with E-state index in [2.05, 4.69) is 315 Å². The van der Waals surface area contributed by atoms with Crippen LogP contribution in [0.2, 0.25) is 0 Å². The number of fused-ring (bicyclic) bond motifs is 14. The maximum Gasteiger partial charge on any atom is 0.164 e. The lowest BCUT2D eigenvalue weighted by atomic mass is 9.89. The fourth-order valence-corrected chi connectivity index (χ4v) is 17.5. The SMILES string of the molecule is c1ccc(-c2ccc(-c3nc4ccccc4c4c(-c5cccc(-c6nc(-c7ccc8ccccc8c7)nc(-c7ccc8ccccc8c7)n6)c5)c5c(cc34)oc3ccccc35)cc2)cc1.c1ccc(-c2ccc(-c3nc4ccccc4c4c(-c5cccc(-c6nc(-c7ccccc7)nc(-c7ccccc7)n6)c5)c5c(cc34)oc3ccccc35)cc2)cc1. The van der Waals surface area contributed by atoms with Crippen molar-refractivity contribution in [3.63, 3.8) is 0 Å². The molecule has 0 aliphatic heterocycles. The Kier molecular flexibility index (Phi) is 17.3. The number of hydrogen-bond acceptors (Lipinski definition) is 10. The molecule has 0 unspecified atom stereocenters. The van der Waals surface area contributed by atoms with Crippen LogP contribution in [0.5, 0.6) is 0 Å². The van der Waals surface area contributed by atoms with E-state index in [-0.39, 0.29) is 0 Å². The van der Waals surface area contributed by atoms with Gasteiger partial charge in [0.1, 0.15) is 22.3 Å². The minimum Gasteiger partial charge on any atom is -0.456 e. The highest BCUT2D eigenvalue weighted by Crippen LogP contribution is 2.50. The molecule has 0 fully saturated rings. The Balaban J connectivity index is 0.000000143. The molecule has 0 bridgehead atoms. The molecule has 0 saturated carbocycles. The summed E-state index contributed by atoms with van der Waals surface area (Å²) in [7, 11) is 0. The third kappa shape index (κ3) is 12.8. The summed E-state index contributed by atoms with van der Waals surface area (Å²) in [5, 5.41) is 15.2. The van der Waals surface area contributed by atoms with Crippen LogP contribution in [0.4, 0.5) is 0 Å². The fraction of sp³-hybridized carbons (Fsp3) is 0. The second-order valence-electron chi connectivity index (χ2n) is 30.8. The largest absolute Gasteiger partial charge is 0.456 e. The van der Waals surface area contributed by atoms with E-state index < -0.39 is 0 Å². The molecule has 0 aliphatic rings. The third-order valence-electron chi connectivity index (χ3n) is 23.4. The predicted molar refractivity (Wildman–Crippen MR) is 500 cm³/mol. The summed E-state index contributed by atoms with van der Waals surface area (Å²) in [5.41, 5.74) is 23.3. The highest BCUT2D eigenvalue weighted by molar-refractivity contribution is 6.30. The van der Waals surface area contributed by atoms with Crippen LogP contribution < -0.4 is 0 Å². The molecule has 10 heteroatoms. The molecule has 24 rings (SSSR count). The normalized spacial score (nSPS) is 11.6. The van der Waals surface area contributed by atoms with Gasteiger partial charge in [0.2, 0.25) is 0 Å². The van der Waals surface area contributed by atoms with Crippen LogP contribution in [0.15, 0.2) is 421 Å². The van der Waals surface area contributed by atoms with Crippen molar-refractivity contribution < 1.29 is 8.83 Å². The molecular formula is C112H68N8O2. The minimum atomic E-state index is 0.590. The predicted octanol–water partition coefficient (Wildman–Crippen LogP) is 29.3. The standard InChI is InChI=1S/C60H36N4O.C52H32N4O/c1-2-13-37(14-3-1)40-25-29-41(30-26-40)57-50-36-53-56(49-22-9-11-24-52(49)65-53)54(55(50)48-21-8-10-23-51(48)61-57)44-19-12-20-45(35-44)58-62-59(46-31-27-38-15-4-6-17-42(38)33-46)64-60(63-58)47-32-28-39-16-5-7-18-43(39)34-47;1-4-15-33(16-5-1)34-27-29-35(30-28-34)49-42-32-45-48(41-24-11-13-26-44(41)57-45)46(47(42)40-23-10-12-25-43(40)53-49)38-21-14-22-39(31-38)52-55-50(36-17-6-2-7-18-36)54-51(56-52)37-19-8-3-9-20-37/h1-36H;1-32H. The van der Waals surface area contributed by atoms with Crippen LogP contribution in [-0.4, -0.2) is 39.9 Å². The Morgan fingerprint density at radius 3 is 0.820 bits per heavy atom. The molecule has 0 aliphatic carbocycles. The summed E-state index contributed by atoms with van der Waals surface area (Å²) in [6.45, 7) is 0. The topological polar surface area (TPSA) is 129 Å². The number of hydrogen-bond donors (Lipinski definition) is 0. The summed E-state index contributed by atoms with van der Waals surface area (Å²) in [6, 6.07) is 143. The Morgan fingerprint density at radius 2 is 0.426 bits per heavy atom. The maximum atomic E-state index is 6.75. The number of rotatable bonds is 12. The number of furan rings is 2. The van der Waals surface area contributed by atoms with Crippen molar-refractivity contribution in [3.05, 3.63) is 413 Å². The molecule has 24 aromatic rings. The number of pyridine rings is 2. The average molecular weight is 1560 g/mol. The molecule has 568 valence electrons. The van der Waals surface area contributed by atoms with Crippen molar-refractivity contribution in [2.45, 2.75) is 0 Å². The Bertz CT molecular complexity index is 8090. The molecule has 6 aromatic heterocycles. The van der Waals surface area contributed by atoms with Crippen LogP contribution >= 0.6 is 0 Å². The zero-order valence-electron chi connectivity index (χ0n) is 65.7. The van der Waals surface area contributed by atoms with E-state index >= 15 is 0 Å². The van der Waals surface area contributed by atoms with Gasteiger partial charge >= 0.3 is 0 Å². The molecule has 0 radical (unpaired) electrons. The second kappa shape index (κ2) is 29.9. The first kappa shape index (κ1) is 70.8. The average Bonchev–Trinajstić information content (AvgIpc) is 1.38. The number of benzene rings is 18. The van der Waals surface area contributed by atoms with Crippen molar-refractivity contribution in [2.24, 2.45) is 0 Å². The Labute approximate surface area is 700 Å². The smallest absolute Gasteiger partial charge is 0.164 e. The van der Waals surface area contributed by atoms with Crippen molar-refractivity contribution in [1.29, 1.82) is 0 Å². The lowest BCUT2D eigenvalue weighted by Gasteiger charge is -2.16. The highest BCUT2D eigenvalue weighted by atomic mass is 16.3. The van der Waals surface area contributed by atoms with E-state index in [0.29, 0.717) is 34.9 Å². The molecular weight excluding hydrogens is 1490 g/mol. The molecule has 6 heterocycles. The van der Waals surface area contributed by atoms with Gasteiger partial charge in [0.05, 0.1) is 22.4 Å². The number of aromatic nitrogens is 8. The summed E-state index contributed by atoms with van der Waals surface area (Å²) < 4.78 is 13.4. The molecule has 122 heavy (non-hydrogen) atoms. The maximum absolute atomic E-state index is 6.75. The van der Waals surface area contributed by atoms with Crippen LogP contribution in [0.3, 0.4) is 0 Å². The van der Waals surface area contributed by atoms with Gasteiger partial charge in [0.25, 0.3) is 0 Å². The van der Waals surface area contributed by atoms with Gasteiger partial charge in [-0.15, -0.1) is 0 Å². The first-order chi connectivity index (χ1) is 60.4. The van der Waals surface area contributed by atoms with Crippen LogP contribution in [0.1, 0.15) is 0 Å². The first-order valence-corrected chi connectivity index (χ1v) is 40.9. The quantitative estimate of drug-likeness (QED) is 0.109. The van der Waals surface area contributed by atoms with E-state index in [1.165, 1.54) is 11.1 Å². The monoisotopic (exact) mass is 1560 g/mol. The van der Waals surface area contributed by atoms with Gasteiger partial charge in [-0.1, -0.05) is 352 Å². The second-order valence-corrected chi connectivity index (χ2v) is 30.8. The van der Waals surface area contributed by atoms with Crippen molar-refractivity contribution in [1.82, 2.24) is 39.9 Å². The molecule has 18 aromatic carbocycles. The molecule has 0 amide bonds. The molecule has 0 saturated heterocycles. The molecule has 0 atom stereocenters. The minimum absolute atomic E-state index is 0.590. The third-order valence-corrected chi connectivity index (χ3v) is 23.4.